The van der Waals surface area contributed by atoms with Crippen molar-refractivity contribution in [1.29, 1.82) is 0 Å². The number of hydrogen-bond acceptors (Lipinski definition) is 5. The predicted octanol–water partition coefficient (Wildman–Crippen LogP) is 1.35. The van der Waals surface area contributed by atoms with E-state index in [-0.39, 0.29) is 5.95 Å². The van der Waals surface area contributed by atoms with Gasteiger partial charge in [0.2, 0.25) is 5.95 Å². The van der Waals surface area contributed by atoms with Gasteiger partial charge in [0.25, 0.3) is 0 Å². The maximum atomic E-state index is 5.62. The van der Waals surface area contributed by atoms with Gasteiger partial charge >= 0.3 is 0 Å². The summed E-state index contributed by atoms with van der Waals surface area (Å²) >= 11 is 0. The molecule has 0 amide bonds. The lowest BCUT2D eigenvalue weighted by Crippen LogP contribution is -2.02. The van der Waals surface area contributed by atoms with Crippen LogP contribution in [-0.2, 0) is 0 Å². The summed E-state index contributed by atoms with van der Waals surface area (Å²) in [5.41, 5.74) is 10.1. The van der Waals surface area contributed by atoms with Crippen molar-refractivity contribution in [2.75, 3.05) is 5.73 Å². The van der Waals surface area contributed by atoms with Crippen LogP contribution in [0.25, 0.3) is 22.4 Å². The highest BCUT2D eigenvalue weighted by molar-refractivity contribution is 5.76. The van der Waals surface area contributed by atoms with Gasteiger partial charge in [0.05, 0.1) is 17.4 Å². The molecule has 0 saturated heterocycles. The molecule has 4 rings (SSSR count). The predicted molar refractivity (Wildman–Crippen MR) is 74.6 cm³/mol. The monoisotopic (exact) mass is 265 g/mol. The summed E-state index contributed by atoms with van der Waals surface area (Å²) in [5, 5.41) is 12.5. The number of nitrogens with two attached hydrogens (primary N) is 1. The largest absolute Gasteiger partial charge is 0.366 e. The molecule has 0 radical (unpaired) electrons. The van der Waals surface area contributed by atoms with Crippen LogP contribution in [0.15, 0.2) is 36.5 Å². The zero-order chi connectivity index (χ0) is 13.7. The van der Waals surface area contributed by atoms with Gasteiger partial charge in [-0.2, -0.15) is 4.98 Å². The van der Waals surface area contributed by atoms with Crippen molar-refractivity contribution in [1.82, 2.24) is 29.6 Å². The second kappa shape index (κ2) is 3.77. The third-order valence-corrected chi connectivity index (χ3v) is 3.25. The molecule has 0 saturated carbocycles. The molecule has 1 aromatic carbocycles. The minimum atomic E-state index is 0.255. The van der Waals surface area contributed by atoms with Crippen molar-refractivity contribution in [2.24, 2.45) is 0 Å². The Balaban J connectivity index is 2.03. The van der Waals surface area contributed by atoms with Crippen LogP contribution < -0.4 is 5.73 Å². The first-order valence-electron chi connectivity index (χ1n) is 6.16. The fourth-order valence-electron chi connectivity index (χ4n) is 2.30. The van der Waals surface area contributed by atoms with Gasteiger partial charge in [-0.3, -0.25) is 0 Å². The highest BCUT2D eigenvalue weighted by atomic mass is 15.4. The van der Waals surface area contributed by atoms with Gasteiger partial charge in [-0.15, -0.1) is 10.2 Å². The van der Waals surface area contributed by atoms with Crippen molar-refractivity contribution >= 4 is 22.6 Å². The molecule has 4 aromatic rings. The van der Waals surface area contributed by atoms with Crippen LogP contribution in [0, 0.1) is 6.92 Å². The summed E-state index contributed by atoms with van der Waals surface area (Å²) in [6.07, 6.45) is 1.86. The average Bonchev–Trinajstić information content (AvgIpc) is 3.00. The van der Waals surface area contributed by atoms with E-state index in [0.29, 0.717) is 5.65 Å². The Morgan fingerprint density at radius 3 is 2.95 bits per heavy atom. The first-order chi connectivity index (χ1) is 9.72. The molecule has 0 aliphatic rings. The molecule has 0 spiro atoms. The Morgan fingerprint density at radius 1 is 1.20 bits per heavy atom. The molecular weight excluding hydrogens is 254 g/mol. The number of para-hydroxylation sites is 1. The third kappa shape index (κ3) is 1.46. The van der Waals surface area contributed by atoms with Gasteiger partial charge in [-0.25, -0.2) is 9.20 Å². The summed E-state index contributed by atoms with van der Waals surface area (Å²) in [6, 6.07) is 9.74. The molecule has 20 heavy (non-hydrogen) atoms. The first-order valence-corrected chi connectivity index (χ1v) is 6.16. The van der Waals surface area contributed by atoms with E-state index in [9.17, 15) is 0 Å². The quantitative estimate of drug-likeness (QED) is 0.561. The number of nitrogens with zero attached hydrogens (tertiary/aromatic N) is 6. The molecular formula is C13H11N7. The zero-order valence-electron chi connectivity index (χ0n) is 10.7. The van der Waals surface area contributed by atoms with Gasteiger partial charge < -0.3 is 5.73 Å². The van der Waals surface area contributed by atoms with Crippen molar-refractivity contribution in [3.05, 3.63) is 42.1 Å². The number of rotatable bonds is 1. The lowest BCUT2D eigenvalue weighted by Gasteiger charge is -2.06. The van der Waals surface area contributed by atoms with E-state index >= 15 is 0 Å². The zero-order valence-corrected chi connectivity index (χ0v) is 10.7. The van der Waals surface area contributed by atoms with Crippen molar-refractivity contribution < 1.29 is 0 Å². The number of anilines is 1. The topological polar surface area (TPSA) is 86.9 Å². The molecule has 3 heterocycles. The average molecular weight is 265 g/mol. The molecule has 98 valence electrons. The summed E-state index contributed by atoms with van der Waals surface area (Å²) < 4.78 is 3.44. The molecule has 0 unspecified atom stereocenters. The Labute approximate surface area is 113 Å². The molecule has 0 bridgehead atoms. The van der Waals surface area contributed by atoms with Crippen molar-refractivity contribution in [3.8, 4) is 5.69 Å². The maximum absolute atomic E-state index is 5.62. The molecule has 0 atom stereocenters. The highest BCUT2D eigenvalue weighted by Crippen LogP contribution is 2.20. The molecule has 0 aliphatic carbocycles. The van der Waals surface area contributed by atoms with Gasteiger partial charge in [0, 0.05) is 0 Å². The van der Waals surface area contributed by atoms with Gasteiger partial charge in [-0.05, 0) is 30.7 Å². The van der Waals surface area contributed by atoms with E-state index in [1.807, 2.05) is 43.5 Å². The second-order valence-electron chi connectivity index (χ2n) is 4.60. The molecule has 7 nitrogen and oxygen atoms in total. The fourth-order valence-corrected chi connectivity index (χ4v) is 2.30. The molecule has 3 aromatic heterocycles. The van der Waals surface area contributed by atoms with E-state index in [1.165, 1.54) is 0 Å². The summed E-state index contributed by atoms with van der Waals surface area (Å²) in [6.45, 7) is 2.00. The summed E-state index contributed by atoms with van der Waals surface area (Å²) in [7, 11) is 0. The van der Waals surface area contributed by atoms with Crippen molar-refractivity contribution in [3.63, 3.8) is 0 Å². The number of fused-ring (bicyclic) bond motifs is 2. The van der Waals surface area contributed by atoms with Crippen LogP contribution in [0.3, 0.4) is 0 Å². The minimum Gasteiger partial charge on any atom is -0.366 e. The maximum Gasteiger partial charge on any atom is 0.240 e. The summed E-state index contributed by atoms with van der Waals surface area (Å²) in [4.78, 5) is 4.14. The van der Waals surface area contributed by atoms with Crippen LogP contribution in [-0.4, -0.2) is 29.6 Å². The molecule has 0 fully saturated rings. The first kappa shape index (κ1) is 10.9. The Bertz CT molecular complexity index is 934. The van der Waals surface area contributed by atoms with E-state index in [2.05, 4.69) is 20.4 Å². The summed E-state index contributed by atoms with van der Waals surface area (Å²) in [5.74, 6) is 0.255. The normalized spacial score (nSPS) is 11.4. The number of benzene rings is 1. The standard InChI is InChI=1S/C13H11N7/c1-8-6-12-15-13(14)17-19(12)7-11(8)20-10-5-3-2-4-9(10)16-18-20/h2-7H,1H3,(H2,14,17). The third-order valence-electron chi connectivity index (χ3n) is 3.25. The lowest BCUT2D eigenvalue weighted by molar-refractivity contribution is 0.805. The Morgan fingerprint density at radius 2 is 2.05 bits per heavy atom. The highest BCUT2D eigenvalue weighted by Gasteiger charge is 2.11. The number of pyridine rings is 1. The van der Waals surface area contributed by atoms with Gasteiger partial charge in [0.1, 0.15) is 5.52 Å². The van der Waals surface area contributed by atoms with Crippen LogP contribution in [0.4, 0.5) is 5.95 Å². The van der Waals surface area contributed by atoms with Crippen LogP contribution in [0.1, 0.15) is 5.56 Å². The molecule has 7 heteroatoms. The fraction of sp³-hybridized carbons (Fsp3) is 0.0769. The number of aryl methyl sites for hydroxylation is 1. The number of hydrogen-bond donors (Lipinski definition) is 1. The van der Waals surface area contributed by atoms with Crippen LogP contribution >= 0.6 is 0 Å². The smallest absolute Gasteiger partial charge is 0.240 e. The van der Waals surface area contributed by atoms with E-state index in [0.717, 1.165) is 22.3 Å². The second-order valence-corrected chi connectivity index (χ2v) is 4.60. The van der Waals surface area contributed by atoms with Crippen molar-refractivity contribution in [2.45, 2.75) is 6.92 Å². The molecule has 0 aliphatic heterocycles. The Hall–Kier alpha value is -2.96. The van der Waals surface area contributed by atoms with Gasteiger partial charge in [0.15, 0.2) is 5.65 Å². The molecule has 2 N–H and O–H groups in total. The van der Waals surface area contributed by atoms with Gasteiger partial charge in [-0.1, -0.05) is 17.3 Å². The van der Waals surface area contributed by atoms with E-state index in [1.54, 1.807) is 9.20 Å². The number of aromatic nitrogens is 6. The Kier molecular flexibility index (Phi) is 2.06. The lowest BCUT2D eigenvalue weighted by atomic mass is 10.2. The van der Waals surface area contributed by atoms with Crippen LogP contribution in [0.2, 0.25) is 0 Å². The number of nitrogen functional groups attached to an aromatic ring is 1. The van der Waals surface area contributed by atoms with E-state index < -0.39 is 0 Å². The van der Waals surface area contributed by atoms with Crippen LogP contribution in [0.5, 0.6) is 0 Å². The SMILES string of the molecule is Cc1cc2nc(N)nn2cc1-n1nnc2ccccc21. The minimum absolute atomic E-state index is 0.255. The van der Waals surface area contributed by atoms with E-state index in [4.69, 9.17) is 5.73 Å².